The smallest absolute Gasteiger partial charge is 0.218 e. The number of aliphatic hydroxyl groups is 1. The molecule has 2 aromatic rings. The van der Waals surface area contributed by atoms with E-state index < -0.39 is 10.8 Å². The van der Waals surface area contributed by atoms with E-state index >= 15 is 0 Å². The van der Waals surface area contributed by atoms with E-state index in [2.05, 4.69) is 42.9 Å². The minimum Gasteiger partial charge on any atom is -0.512 e. The molecule has 166 valence electrons. The number of nitrogens with zero attached hydrogens (tertiary/aromatic N) is 2. The fourth-order valence-corrected chi connectivity index (χ4v) is 5.62. The van der Waals surface area contributed by atoms with Crippen LogP contribution >= 0.6 is 0 Å². The van der Waals surface area contributed by atoms with Crippen molar-refractivity contribution in [2.75, 3.05) is 5.75 Å². The van der Waals surface area contributed by atoms with Gasteiger partial charge in [0.1, 0.15) is 5.76 Å². The molecular formula is C25H32N2O3S. The molecule has 0 amide bonds. The Labute approximate surface area is 187 Å². The summed E-state index contributed by atoms with van der Waals surface area (Å²) >= 11 is 0. The number of hydrogen-bond acceptors (Lipinski definition) is 5. The predicted molar refractivity (Wildman–Crippen MR) is 124 cm³/mol. The molecule has 31 heavy (non-hydrogen) atoms. The lowest BCUT2D eigenvalue weighted by Crippen LogP contribution is -2.27. The van der Waals surface area contributed by atoms with Crippen molar-refractivity contribution in [2.45, 2.75) is 65.5 Å². The molecule has 5 nitrogen and oxygen atoms in total. The number of hydrogen-bond donors (Lipinski definition) is 1. The van der Waals surface area contributed by atoms with Crippen LogP contribution in [0.5, 0.6) is 0 Å². The van der Waals surface area contributed by atoms with Crippen molar-refractivity contribution < 1.29 is 14.1 Å². The van der Waals surface area contributed by atoms with Gasteiger partial charge < -0.3 is 5.11 Å². The number of rotatable bonds is 7. The van der Waals surface area contributed by atoms with Gasteiger partial charge in [-0.25, -0.2) is 9.97 Å². The Kier molecular flexibility index (Phi) is 7.42. The van der Waals surface area contributed by atoms with Crippen molar-refractivity contribution in [2.24, 2.45) is 11.8 Å². The third-order valence-corrected chi connectivity index (χ3v) is 7.55. The Morgan fingerprint density at radius 3 is 2.16 bits per heavy atom. The zero-order valence-corrected chi connectivity index (χ0v) is 19.9. The number of aliphatic hydroxyl groups excluding tert-OH is 1. The van der Waals surface area contributed by atoms with E-state index in [9.17, 15) is 14.1 Å². The fraction of sp³-hybridized carbons (Fsp3) is 0.480. The molecule has 0 aliphatic heterocycles. The predicted octanol–water partition coefficient (Wildman–Crippen LogP) is 4.91. The number of ketones is 1. The molecule has 1 aliphatic carbocycles. The summed E-state index contributed by atoms with van der Waals surface area (Å²) in [5, 5.41) is 11.3. The molecule has 0 saturated carbocycles. The zero-order valence-electron chi connectivity index (χ0n) is 19.1. The summed E-state index contributed by atoms with van der Waals surface area (Å²) in [5.41, 5.74) is 5.71. The van der Waals surface area contributed by atoms with E-state index in [1.807, 2.05) is 13.8 Å². The number of allylic oxidation sites excluding steroid dienone is 2. The molecule has 3 atom stereocenters. The Morgan fingerprint density at radius 2 is 1.65 bits per heavy atom. The maximum absolute atomic E-state index is 13.2. The van der Waals surface area contributed by atoms with Gasteiger partial charge in [-0.15, -0.1) is 0 Å². The first-order chi connectivity index (χ1) is 14.7. The molecule has 1 heterocycles. The quantitative estimate of drug-likeness (QED) is 0.619. The molecule has 3 unspecified atom stereocenters. The van der Waals surface area contributed by atoms with Gasteiger partial charge in [-0.1, -0.05) is 38.5 Å². The lowest BCUT2D eigenvalue weighted by atomic mass is 9.76. The molecule has 0 fully saturated rings. The third kappa shape index (κ3) is 5.12. The molecule has 0 radical (unpaired) electrons. The van der Waals surface area contributed by atoms with Crippen LogP contribution in [0.1, 0.15) is 61.4 Å². The van der Waals surface area contributed by atoms with E-state index in [-0.39, 0.29) is 23.4 Å². The van der Waals surface area contributed by atoms with Gasteiger partial charge in [0.15, 0.2) is 5.78 Å². The first kappa shape index (κ1) is 23.3. The summed E-state index contributed by atoms with van der Waals surface area (Å²) < 4.78 is 12.7. The highest BCUT2D eigenvalue weighted by atomic mass is 32.2. The monoisotopic (exact) mass is 440 g/mol. The number of Topliss-reactive ketones (excluding diaryl/α,β-unsaturated/α-hetero) is 1. The largest absolute Gasteiger partial charge is 0.512 e. The number of carbonyl (C=O) groups is 1. The summed E-state index contributed by atoms with van der Waals surface area (Å²) in [6.45, 7) is 10.1. The minimum absolute atomic E-state index is 0.00676. The van der Waals surface area contributed by atoms with Crippen LogP contribution in [0.4, 0.5) is 0 Å². The average Bonchev–Trinajstić information content (AvgIpc) is 2.73. The third-order valence-electron chi connectivity index (χ3n) is 6.11. The summed E-state index contributed by atoms with van der Waals surface area (Å²) in [6, 6.07) is 4.23. The molecular weight excluding hydrogens is 408 g/mol. The van der Waals surface area contributed by atoms with Crippen molar-refractivity contribution in [1.29, 1.82) is 0 Å². The van der Waals surface area contributed by atoms with E-state index in [4.69, 9.17) is 0 Å². The molecule has 1 N–H and O–H groups in total. The lowest BCUT2D eigenvalue weighted by Gasteiger charge is -2.29. The number of benzene rings is 1. The van der Waals surface area contributed by atoms with Gasteiger partial charge in [-0.2, -0.15) is 0 Å². The zero-order chi connectivity index (χ0) is 22.7. The van der Waals surface area contributed by atoms with Crippen LogP contribution in [-0.4, -0.2) is 30.8 Å². The highest BCUT2D eigenvalue weighted by Gasteiger charge is 2.34. The van der Waals surface area contributed by atoms with Gasteiger partial charge in [-0.05, 0) is 60.8 Å². The number of aryl methyl sites for hydroxylation is 4. The molecule has 0 spiro atoms. The maximum atomic E-state index is 13.2. The van der Waals surface area contributed by atoms with E-state index in [0.717, 1.165) is 35.1 Å². The molecule has 0 saturated heterocycles. The maximum Gasteiger partial charge on any atom is 0.218 e. The Morgan fingerprint density at radius 1 is 1.06 bits per heavy atom. The van der Waals surface area contributed by atoms with Crippen LogP contribution in [0.3, 0.4) is 0 Å². The van der Waals surface area contributed by atoms with Crippen LogP contribution in [-0.2, 0) is 28.4 Å². The van der Waals surface area contributed by atoms with E-state index in [1.54, 1.807) is 12.4 Å². The first-order valence-corrected chi connectivity index (χ1v) is 12.3. The van der Waals surface area contributed by atoms with E-state index in [1.165, 1.54) is 5.56 Å². The van der Waals surface area contributed by atoms with Crippen LogP contribution in [0, 0.1) is 25.7 Å². The van der Waals surface area contributed by atoms with Gasteiger partial charge in [0, 0.05) is 31.0 Å². The van der Waals surface area contributed by atoms with Crippen molar-refractivity contribution >= 4 is 22.2 Å². The van der Waals surface area contributed by atoms with Gasteiger partial charge in [0.25, 0.3) is 0 Å². The van der Waals surface area contributed by atoms with Gasteiger partial charge >= 0.3 is 0 Å². The molecule has 1 aromatic heterocycles. The van der Waals surface area contributed by atoms with Gasteiger partial charge in [0.05, 0.1) is 16.4 Å². The normalized spacial score (nSPS) is 18.9. The molecule has 1 aliphatic rings. The minimum atomic E-state index is -1.33. The lowest BCUT2D eigenvalue weighted by molar-refractivity contribution is -0.115. The summed E-state index contributed by atoms with van der Waals surface area (Å²) in [6.07, 6.45) is 5.72. The highest BCUT2D eigenvalue weighted by molar-refractivity contribution is 7.84. The van der Waals surface area contributed by atoms with Crippen LogP contribution < -0.4 is 0 Å². The second kappa shape index (κ2) is 9.86. The van der Waals surface area contributed by atoms with Crippen LogP contribution in [0.2, 0.25) is 0 Å². The van der Waals surface area contributed by atoms with Gasteiger partial charge in [-0.3, -0.25) is 9.00 Å². The van der Waals surface area contributed by atoms with Crippen LogP contribution in [0.15, 0.2) is 35.4 Å². The SMILES string of the molecule is CCc1cc(C)cc(CC)c1C1=C(O)CC(C(C)CS(=O)c2ncc(C)cn2)CC1=O. The number of carbonyl (C=O) groups excluding carboxylic acids is 1. The second-order valence-electron chi connectivity index (χ2n) is 8.61. The second-order valence-corrected chi connectivity index (χ2v) is 10.0. The standard InChI is InChI=1S/C25H32N2O3S/c1-6-18-8-15(3)9-19(7-2)23(18)24-21(28)10-20(11-22(24)29)17(5)14-31(30)25-26-12-16(4)13-27-25/h8-9,12-13,17,20,28H,6-7,10-11,14H2,1-5H3. The Hall–Kier alpha value is -2.34. The summed E-state index contributed by atoms with van der Waals surface area (Å²) in [4.78, 5) is 21.5. The van der Waals surface area contributed by atoms with Crippen molar-refractivity contribution in [3.05, 3.63) is 58.1 Å². The van der Waals surface area contributed by atoms with Gasteiger partial charge in [0.2, 0.25) is 5.16 Å². The molecule has 0 bridgehead atoms. The Bertz CT molecular complexity index is 1000. The van der Waals surface area contributed by atoms with Crippen LogP contribution in [0.25, 0.3) is 5.57 Å². The molecule has 1 aromatic carbocycles. The highest BCUT2D eigenvalue weighted by Crippen LogP contribution is 2.38. The van der Waals surface area contributed by atoms with E-state index in [0.29, 0.717) is 29.3 Å². The molecule has 3 rings (SSSR count). The fourth-order valence-electron chi connectivity index (χ4n) is 4.38. The summed E-state index contributed by atoms with van der Waals surface area (Å²) in [5.74, 6) is 0.457. The van der Waals surface area contributed by atoms with Crippen molar-refractivity contribution in [3.8, 4) is 0 Å². The topological polar surface area (TPSA) is 80.2 Å². The molecule has 6 heteroatoms. The summed E-state index contributed by atoms with van der Waals surface area (Å²) in [7, 11) is -1.33. The first-order valence-electron chi connectivity index (χ1n) is 11.0. The average molecular weight is 441 g/mol. The van der Waals surface area contributed by atoms with Crippen molar-refractivity contribution in [1.82, 2.24) is 9.97 Å². The Balaban J connectivity index is 1.84. The number of aromatic nitrogens is 2. The van der Waals surface area contributed by atoms with Crippen molar-refractivity contribution in [3.63, 3.8) is 0 Å².